The first-order valence-electron chi connectivity index (χ1n) is 12.4. The molecule has 2 aliphatic heterocycles. The molecule has 9 unspecified atom stereocenters. The van der Waals surface area contributed by atoms with Gasteiger partial charge in [-0.3, -0.25) is 4.79 Å². The molecular weight excluding hydrogens is 536 g/mol. The number of ether oxygens (including phenoxy) is 6. The predicted molar refractivity (Wildman–Crippen MR) is 134 cm³/mol. The molecule has 2 saturated heterocycles. The number of hydrogen-bond acceptors (Lipinski definition) is 14. The average molecular weight is 567 g/mol. The van der Waals surface area contributed by atoms with Gasteiger partial charge in [0.25, 0.3) is 0 Å². The molecule has 0 aliphatic carbocycles. The third-order valence-corrected chi connectivity index (χ3v) is 6.95. The van der Waals surface area contributed by atoms with Gasteiger partial charge in [-0.05, 0) is 12.1 Å². The van der Waals surface area contributed by atoms with Gasteiger partial charge in [0, 0.05) is 12.1 Å². The largest absolute Gasteiger partial charge is 0.496 e. The minimum absolute atomic E-state index is 0.00274. The van der Waals surface area contributed by atoms with Gasteiger partial charge in [-0.25, -0.2) is 0 Å². The van der Waals surface area contributed by atoms with E-state index in [9.17, 15) is 35.4 Å². The Balaban J connectivity index is 1.44. The average Bonchev–Trinajstić information content (AvgIpc) is 2.95. The maximum Gasteiger partial charge on any atom is 0.229 e. The fraction of sp³-hybridized carbons (Fsp3) is 0.500. The molecule has 9 atom stereocenters. The smallest absolute Gasteiger partial charge is 0.229 e. The van der Waals surface area contributed by atoms with Crippen LogP contribution in [0.5, 0.6) is 17.2 Å². The number of methoxy groups -OCH3 is 2. The zero-order chi connectivity index (χ0) is 28.7. The Labute approximate surface area is 226 Å². The lowest BCUT2D eigenvalue weighted by Gasteiger charge is -2.41. The van der Waals surface area contributed by atoms with Crippen molar-refractivity contribution >= 4 is 21.9 Å². The van der Waals surface area contributed by atoms with E-state index in [1.165, 1.54) is 26.4 Å². The van der Waals surface area contributed by atoms with Gasteiger partial charge in [-0.1, -0.05) is 6.07 Å². The van der Waals surface area contributed by atoms with Gasteiger partial charge in [0.1, 0.15) is 65.2 Å². The van der Waals surface area contributed by atoms with Gasteiger partial charge in [0.2, 0.25) is 11.7 Å². The van der Waals surface area contributed by atoms with Crippen molar-refractivity contribution < 1.29 is 63.5 Å². The molecule has 6 N–H and O–H groups in total. The highest BCUT2D eigenvalue weighted by Crippen LogP contribution is 2.36. The molecule has 0 amide bonds. The molecule has 0 bridgehead atoms. The van der Waals surface area contributed by atoms with Gasteiger partial charge in [0.05, 0.1) is 32.8 Å². The summed E-state index contributed by atoms with van der Waals surface area (Å²) in [5.74, 6) is 0.486. The minimum Gasteiger partial charge on any atom is -0.496 e. The first-order valence-corrected chi connectivity index (χ1v) is 12.4. The van der Waals surface area contributed by atoms with Crippen LogP contribution in [0.2, 0.25) is 0 Å². The number of rotatable bonds is 7. The Bertz CT molecular complexity index is 1410. The van der Waals surface area contributed by atoms with E-state index in [0.29, 0.717) is 5.75 Å². The predicted octanol–water partition coefficient (Wildman–Crippen LogP) is -1.39. The molecule has 2 fully saturated rings. The number of fused-ring (bicyclic) bond motifs is 2. The van der Waals surface area contributed by atoms with Crippen LogP contribution in [0.1, 0.15) is 0 Å². The van der Waals surface area contributed by atoms with Crippen LogP contribution in [0, 0.1) is 0 Å². The molecule has 2 aromatic carbocycles. The summed E-state index contributed by atoms with van der Waals surface area (Å²) < 4.78 is 38.8. The van der Waals surface area contributed by atoms with Crippen molar-refractivity contribution in [3.8, 4) is 17.2 Å². The molecule has 218 valence electrons. The van der Waals surface area contributed by atoms with Crippen LogP contribution in [0.25, 0.3) is 21.9 Å². The number of hydrogen-bond donors (Lipinski definition) is 6. The molecule has 40 heavy (non-hydrogen) atoms. The normalized spacial score (nSPS) is 32.8. The maximum absolute atomic E-state index is 13.5. The van der Waals surface area contributed by atoms with E-state index in [0.717, 1.165) is 0 Å². The number of aliphatic hydroxyl groups excluding tert-OH is 6. The van der Waals surface area contributed by atoms with E-state index in [1.54, 1.807) is 18.2 Å². The Morgan fingerprint density at radius 2 is 1.62 bits per heavy atom. The summed E-state index contributed by atoms with van der Waals surface area (Å²) in [6.07, 6.45) is -13.9. The topological polar surface area (TPSA) is 207 Å². The molecular formula is C26H30O14. The van der Waals surface area contributed by atoms with Gasteiger partial charge >= 0.3 is 0 Å². The summed E-state index contributed by atoms with van der Waals surface area (Å²) in [5, 5.41) is 61.4. The van der Waals surface area contributed by atoms with Crippen LogP contribution in [0.15, 0.2) is 39.5 Å². The quantitative estimate of drug-likeness (QED) is 0.182. The van der Waals surface area contributed by atoms with Crippen LogP contribution in [-0.4, -0.2) is 113 Å². The Hall–Kier alpha value is -3.05. The lowest BCUT2D eigenvalue weighted by molar-refractivity contribution is -0.307. The summed E-state index contributed by atoms with van der Waals surface area (Å²) in [6.45, 7) is -0.781. The van der Waals surface area contributed by atoms with Crippen molar-refractivity contribution in [2.75, 3.05) is 27.4 Å². The first-order chi connectivity index (χ1) is 19.1. The standard InChI is InChI=1S/C26H30O14/c1-34-10-6-14-17(18(28)11-4-3-5-13(35-2)24(11)38-14)15(7-10)39-26-23(33)21(31)20(30)16(40-26)9-37-25-22(32)19(29)12(27)8-36-25/h3-7,12,16,19-23,25-27,29-33H,8-9H2,1-2H3. The highest BCUT2D eigenvalue weighted by molar-refractivity contribution is 5.95. The van der Waals surface area contributed by atoms with E-state index in [-0.39, 0.29) is 40.0 Å². The van der Waals surface area contributed by atoms with E-state index in [1.807, 2.05) is 0 Å². The summed E-state index contributed by atoms with van der Waals surface area (Å²) in [6, 6.07) is 7.66. The van der Waals surface area contributed by atoms with Gasteiger partial charge in [0.15, 0.2) is 17.6 Å². The Kier molecular flexibility index (Phi) is 8.15. The second kappa shape index (κ2) is 11.4. The molecule has 0 saturated carbocycles. The second-order valence-corrected chi connectivity index (χ2v) is 9.48. The van der Waals surface area contributed by atoms with Crippen LogP contribution in [0.3, 0.4) is 0 Å². The molecule has 14 nitrogen and oxygen atoms in total. The summed E-state index contributed by atoms with van der Waals surface area (Å²) >= 11 is 0. The molecule has 0 spiro atoms. The molecule has 14 heteroatoms. The molecule has 3 aromatic rings. The van der Waals surface area contributed by atoms with Crippen molar-refractivity contribution in [3.63, 3.8) is 0 Å². The van der Waals surface area contributed by atoms with E-state index >= 15 is 0 Å². The number of aliphatic hydroxyl groups is 6. The lowest BCUT2D eigenvalue weighted by Crippen LogP contribution is -2.61. The van der Waals surface area contributed by atoms with E-state index < -0.39 is 67.3 Å². The molecule has 0 radical (unpaired) electrons. The molecule has 2 aliphatic rings. The summed E-state index contributed by atoms with van der Waals surface area (Å²) in [5.41, 5.74) is -0.176. The van der Waals surface area contributed by atoms with Crippen molar-refractivity contribution in [3.05, 3.63) is 40.6 Å². The molecule has 3 heterocycles. The Morgan fingerprint density at radius 1 is 0.875 bits per heavy atom. The third kappa shape index (κ3) is 5.09. The summed E-state index contributed by atoms with van der Waals surface area (Å²) in [4.78, 5) is 13.5. The fourth-order valence-corrected chi connectivity index (χ4v) is 4.68. The number of para-hydroxylation sites is 1. The maximum atomic E-state index is 13.5. The lowest BCUT2D eigenvalue weighted by atomic mass is 9.99. The fourth-order valence-electron chi connectivity index (χ4n) is 4.68. The minimum atomic E-state index is -1.76. The SMILES string of the molecule is COc1cc(OC2OC(COC3OCC(O)C(O)C3O)C(O)C(O)C2O)c2c(=O)c3cccc(OC)c3oc2c1. The van der Waals surface area contributed by atoms with Gasteiger partial charge in [-0.2, -0.15) is 0 Å². The van der Waals surface area contributed by atoms with Crippen LogP contribution < -0.4 is 19.6 Å². The third-order valence-electron chi connectivity index (χ3n) is 6.95. The highest BCUT2D eigenvalue weighted by Gasteiger charge is 2.46. The van der Waals surface area contributed by atoms with Crippen LogP contribution in [-0.2, 0) is 14.2 Å². The monoisotopic (exact) mass is 566 g/mol. The first kappa shape index (κ1) is 28.5. The van der Waals surface area contributed by atoms with Crippen molar-refractivity contribution in [1.82, 2.24) is 0 Å². The van der Waals surface area contributed by atoms with Crippen molar-refractivity contribution in [1.29, 1.82) is 0 Å². The van der Waals surface area contributed by atoms with Crippen molar-refractivity contribution in [2.45, 2.75) is 55.3 Å². The van der Waals surface area contributed by atoms with E-state index in [4.69, 9.17) is 32.8 Å². The Morgan fingerprint density at radius 3 is 2.35 bits per heavy atom. The van der Waals surface area contributed by atoms with E-state index in [2.05, 4.69) is 0 Å². The van der Waals surface area contributed by atoms with Crippen LogP contribution >= 0.6 is 0 Å². The van der Waals surface area contributed by atoms with Crippen molar-refractivity contribution in [2.24, 2.45) is 0 Å². The van der Waals surface area contributed by atoms with Crippen LogP contribution in [0.4, 0.5) is 0 Å². The highest BCUT2D eigenvalue weighted by atomic mass is 16.7. The zero-order valence-electron chi connectivity index (χ0n) is 21.4. The molecule has 1 aromatic heterocycles. The second-order valence-electron chi connectivity index (χ2n) is 9.48. The summed E-state index contributed by atoms with van der Waals surface area (Å²) in [7, 11) is 2.83. The van der Waals surface area contributed by atoms with Gasteiger partial charge in [-0.15, -0.1) is 0 Å². The van der Waals surface area contributed by atoms with Gasteiger partial charge < -0.3 is 63.5 Å². The number of benzene rings is 2. The zero-order valence-corrected chi connectivity index (χ0v) is 21.4. The molecule has 5 rings (SSSR count).